The molecule has 1 aliphatic carbocycles. The van der Waals surface area contributed by atoms with E-state index in [0.717, 1.165) is 30.9 Å². The Morgan fingerprint density at radius 1 is 1.09 bits per heavy atom. The summed E-state index contributed by atoms with van der Waals surface area (Å²) in [5, 5.41) is 9.53. The van der Waals surface area contributed by atoms with Crippen LogP contribution in [0.1, 0.15) is 19.3 Å². The van der Waals surface area contributed by atoms with E-state index in [9.17, 15) is 5.11 Å². The molecule has 0 saturated carbocycles. The van der Waals surface area contributed by atoms with Crippen molar-refractivity contribution < 1.29 is 14.6 Å². The number of rotatable bonds is 2. The van der Waals surface area contributed by atoms with Gasteiger partial charge >= 0.3 is 0 Å². The molecule has 0 bridgehead atoms. The van der Waals surface area contributed by atoms with Crippen LogP contribution in [0, 0.1) is 5.92 Å². The third-order valence-electron chi connectivity index (χ3n) is 4.34. The molecule has 2 unspecified atom stereocenters. The summed E-state index contributed by atoms with van der Waals surface area (Å²) in [6.07, 6.45) is 2.76. The highest BCUT2D eigenvalue weighted by Gasteiger charge is 2.32. The highest BCUT2D eigenvalue weighted by atomic mass is 16.5. The highest BCUT2D eigenvalue weighted by molar-refractivity contribution is 6.22. The Labute approximate surface area is 134 Å². The van der Waals surface area contributed by atoms with Crippen molar-refractivity contribution >= 4 is 7.85 Å². The predicted octanol–water partition coefficient (Wildman–Crippen LogP) is 2.18. The zero-order chi connectivity index (χ0) is 16.1. The average Bonchev–Trinajstić information content (AvgIpc) is 2.93. The van der Waals surface area contributed by atoms with Gasteiger partial charge < -0.3 is 19.5 Å². The lowest BCUT2D eigenvalue weighted by atomic mass is 9.76. The number of benzene rings is 1. The molecule has 3 rings (SSSR count). The standard InChI is InChI=1S/C9H14BNO.C8H10O2/c1-11-5-4-6-2-3-7(12)8(10)9(6)11;1-9-7-5-3-4-6-8(7)10-2/h6-7,12H,2-5H2,1H3;3-6H,1-2H3. The Morgan fingerprint density at radius 2 is 1.68 bits per heavy atom. The van der Waals surface area contributed by atoms with Crippen LogP contribution < -0.4 is 9.47 Å². The minimum Gasteiger partial charge on any atom is -0.493 e. The molecule has 2 aliphatic rings. The van der Waals surface area contributed by atoms with Crippen LogP contribution in [0.25, 0.3) is 0 Å². The van der Waals surface area contributed by atoms with Crippen molar-refractivity contribution in [2.24, 2.45) is 5.92 Å². The Bertz CT molecular complexity index is 509. The fraction of sp³-hybridized carbons (Fsp3) is 0.529. The molecule has 1 heterocycles. The molecule has 0 spiro atoms. The van der Waals surface area contributed by atoms with Crippen molar-refractivity contribution in [1.29, 1.82) is 0 Å². The highest BCUT2D eigenvalue weighted by Crippen LogP contribution is 2.37. The van der Waals surface area contributed by atoms with Crippen molar-refractivity contribution in [2.75, 3.05) is 27.8 Å². The maximum absolute atomic E-state index is 9.53. The van der Waals surface area contributed by atoms with Crippen molar-refractivity contribution in [3.05, 3.63) is 35.4 Å². The van der Waals surface area contributed by atoms with E-state index in [0.29, 0.717) is 11.4 Å². The quantitative estimate of drug-likeness (QED) is 0.850. The third kappa shape index (κ3) is 3.58. The number of ether oxygens (including phenoxy) is 2. The van der Waals surface area contributed by atoms with E-state index in [-0.39, 0.29) is 0 Å². The van der Waals surface area contributed by atoms with E-state index in [4.69, 9.17) is 17.3 Å². The second-order valence-corrected chi connectivity index (χ2v) is 5.70. The van der Waals surface area contributed by atoms with Crippen LogP contribution >= 0.6 is 0 Å². The van der Waals surface area contributed by atoms with Gasteiger partial charge in [-0.15, -0.1) is 0 Å². The van der Waals surface area contributed by atoms with Gasteiger partial charge in [0, 0.05) is 19.3 Å². The zero-order valence-corrected chi connectivity index (χ0v) is 13.6. The van der Waals surface area contributed by atoms with E-state index in [1.165, 1.54) is 12.1 Å². The van der Waals surface area contributed by atoms with Crippen LogP contribution in [0.4, 0.5) is 0 Å². The van der Waals surface area contributed by atoms with E-state index in [2.05, 4.69) is 11.9 Å². The van der Waals surface area contributed by atoms with Gasteiger partial charge in [-0.25, -0.2) is 0 Å². The van der Waals surface area contributed by atoms with Gasteiger partial charge in [-0.05, 0) is 37.3 Å². The lowest BCUT2D eigenvalue weighted by Gasteiger charge is -2.29. The van der Waals surface area contributed by atoms with Gasteiger partial charge in [0.15, 0.2) is 11.5 Å². The van der Waals surface area contributed by atoms with Crippen molar-refractivity contribution in [2.45, 2.75) is 25.4 Å². The largest absolute Gasteiger partial charge is 0.493 e. The summed E-state index contributed by atoms with van der Waals surface area (Å²) in [5.74, 6) is 2.16. The molecule has 2 radical (unpaired) electrons. The second kappa shape index (κ2) is 7.59. The molecule has 4 nitrogen and oxygen atoms in total. The van der Waals surface area contributed by atoms with Crippen LogP contribution in [0.5, 0.6) is 11.5 Å². The van der Waals surface area contributed by atoms with Crippen LogP contribution in [0.2, 0.25) is 0 Å². The average molecular weight is 301 g/mol. The number of para-hydroxylation sites is 2. The first-order valence-corrected chi connectivity index (χ1v) is 7.64. The summed E-state index contributed by atoms with van der Waals surface area (Å²) < 4.78 is 10.0. The topological polar surface area (TPSA) is 41.9 Å². The number of likely N-dealkylation sites (tertiary alicyclic amines) is 1. The normalized spacial score (nSPS) is 23.5. The predicted molar refractivity (Wildman–Crippen MR) is 88.3 cm³/mol. The minimum atomic E-state index is -0.392. The van der Waals surface area contributed by atoms with E-state index in [1.54, 1.807) is 14.2 Å². The van der Waals surface area contributed by atoms with E-state index >= 15 is 0 Å². The number of aliphatic hydroxyl groups is 1. The molecule has 1 aliphatic heterocycles. The molecule has 1 N–H and O–H groups in total. The van der Waals surface area contributed by atoms with Crippen LogP contribution in [0.3, 0.4) is 0 Å². The lowest BCUT2D eigenvalue weighted by Crippen LogP contribution is -2.26. The Morgan fingerprint density at radius 3 is 2.23 bits per heavy atom. The third-order valence-corrected chi connectivity index (χ3v) is 4.34. The fourth-order valence-electron chi connectivity index (χ4n) is 3.13. The fourth-order valence-corrected chi connectivity index (χ4v) is 3.13. The molecule has 1 aromatic carbocycles. The van der Waals surface area contributed by atoms with Gasteiger partial charge in [-0.2, -0.15) is 0 Å². The van der Waals surface area contributed by atoms with Gasteiger partial charge in [0.1, 0.15) is 7.85 Å². The Kier molecular flexibility index (Phi) is 5.78. The molecule has 2 atom stereocenters. The van der Waals surface area contributed by atoms with Crippen LogP contribution in [-0.2, 0) is 0 Å². The molecule has 1 fully saturated rings. The molecule has 118 valence electrons. The van der Waals surface area contributed by atoms with E-state index in [1.807, 2.05) is 24.3 Å². The van der Waals surface area contributed by atoms with E-state index < -0.39 is 6.10 Å². The number of nitrogens with zero attached hydrogens (tertiary/aromatic N) is 1. The summed E-state index contributed by atoms with van der Waals surface area (Å²) in [6, 6.07) is 7.53. The van der Waals surface area contributed by atoms with Crippen molar-refractivity contribution in [3.63, 3.8) is 0 Å². The van der Waals surface area contributed by atoms with Crippen molar-refractivity contribution in [3.8, 4) is 11.5 Å². The zero-order valence-electron chi connectivity index (χ0n) is 13.6. The summed E-state index contributed by atoms with van der Waals surface area (Å²) in [4.78, 5) is 2.18. The number of hydrogen-bond donors (Lipinski definition) is 1. The summed E-state index contributed by atoms with van der Waals surface area (Å²) in [7, 11) is 11.1. The van der Waals surface area contributed by atoms with Gasteiger partial charge in [0.05, 0.1) is 20.3 Å². The number of hydrogen-bond acceptors (Lipinski definition) is 4. The smallest absolute Gasteiger partial charge is 0.160 e. The molecular weight excluding hydrogens is 277 g/mol. The summed E-state index contributed by atoms with van der Waals surface area (Å²) in [5.41, 5.74) is 1.92. The summed E-state index contributed by atoms with van der Waals surface area (Å²) >= 11 is 0. The molecular formula is C17H24BNO3. The number of fused-ring (bicyclic) bond motifs is 1. The SMILES string of the molecule is COc1ccccc1OC.[B]C1=C2C(CCC1O)CCN2C. The lowest BCUT2D eigenvalue weighted by molar-refractivity contribution is 0.183. The van der Waals surface area contributed by atoms with Crippen molar-refractivity contribution in [1.82, 2.24) is 4.90 Å². The molecule has 1 saturated heterocycles. The molecule has 0 aromatic heterocycles. The first kappa shape index (κ1) is 16.8. The number of allylic oxidation sites excluding steroid dienone is 1. The molecule has 0 amide bonds. The number of aliphatic hydroxyl groups excluding tert-OH is 1. The molecule has 5 heteroatoms. The van der Waals surface area contributed by atoms with Crippen LogP contribution in [0.15, 0.2) is 35.4 Å². The Hall–Kier alpha value is -1.62. The maximum Gasteiger partial charge on any atom is 0.160 e. The first-order valence-electron chi connectivity index (χ1n) is 7.64. The Balaban J connectivity index is 0.000000164. The van der Waals surface area contributed by atoms with Gasteiger partial charge in [-0.3, -0.25) is 0 Å². The minimum absolute atomic E-state index is 0.392. The van der Waals surface area contributed by atoms with Gasteiger partial charge in [0.2, 0.25) is 0 Å². The molecule has 22 heavy (non-hydrogen) atoms. The maximum atomic E-state index is 9.53. The monoisotopic (exact) mass is 301 g/mol. The number of methoxy groups -OCH3 is 2. The first-order chi connectivity index (χ1) is 10.6. The second-order valence-electron chi connectivity index (χ2n) is 5.70. The van der Waals surface area contributed by atoms with Crippen LogP contribution in [-0.4, -0.2) is 51.8 Å². The summed E-state index contributed by atoms with van der Waals surface area (Å²) in [6.45, 7) is 1.09. The van der Waals surface area contributed by atoms with Gasteiger partial charge in [-0.1, -0.05) is 17.6 Å². The molecule has 1 aromatic rings. The van der Waals surface area contributed by atoms with Gasteiger partial charge in [0.25, 0.3) is 0 Å².